The Morgan fingerprint density at radius 1 is 1.53 bits per heavy atom. The van der Waals surface area contributed by atoms with Crippen LogP contribution in [0.3, 0.4) is 0 Å². The van der Waals surface area contributed by atoms with Gasteiger partial charge in [0.1, 0.15) is 5.76 Å². The van der Waals surface area contributed by atoms with Gasteiger partial charge in [0.25, 0.3) is 0 Å². The minimum atomic E-state index is -0.456. The number of carbonyl (C=O) groups is 2. The van der Waals surface area contributed by atoms with Crippen molar-refractivity contribution in [3.05, 3.63) is 12.3 Å². The van der Waals surface area contributed by atoms with E-state index in [0.717, 1.165) is 19.4 Å². The van der Waals surface area contributed by atoms with E-state index in [1.807, 2.05) is 7.05 Å². The molecule has 105 valence electrons. The third-order valence-corrected chi connectivity index (χ3v) is 3.29. The monoisotopic (exact) mass is 265 g/mol. The van der Waals surface area contributed by atoms with Crippen molar-refractivity contribution in [1.82, 2.24) is 10.2 Å². The molecule has 1 radical (unpaired) electrons. The number of Topliss-reactive ketones (excluding diaryl/α,β-unsaturated/α-hetero) is 1. The number of ketones is 1. The van der Waals surface area contributed by atoms with Crippen LogP contribution in [-0.2, 0) is 4.79 Å². The van der Waals surface area contributed by atoms with Crippen molar-refractivity contribution in [2.24, 2.45) is 0 Å². The zero-order valence-electron chi connectivity index (χ0n) is 11.5. The van der Waals surface area contributed by atoms with Crippen LogP contribution in [0.15, 0.2) is 12.3 Å². The second-order valence-corrected chi connectivity index (χ2v) is 4.85. The van der Waals surface area contributed by atoms with E-state index >= 15 is 0 Å². The Hall–Kier alpha value is -1.30. The molecule has 1 fully saturated rings. The average molecular weight is 265 g/mol. The summed E-state index contributed by atoms with van der Waals surface area (Å²) in [4.78, 5) is 25.0. The van der Waals surface area contributed by atoms with Crippen molar-refractivity contribution < 1.29 is 14.7 Å². The van der Waals surface area contributed by atoms with Gasteiger partial charge in [-0.15, -0.1) is 0 Å². The van der Waals surface area contributed by atoms with Crippen LogP contribution >= 0.6 is 0 Å². The van der Waals surface area contributed by atoms with Gasteiger partial charge in [0.2, 0.25) is 7.28 Å². The van der Waals surface area contributed by atoms with Crippen LogP contribution in [0.25, 0.3) is 0 Å². The lowest BCUT2D eigenvalue weighted by Gasteiger charge is -2.30. The minimum absolute atomic E-state index is 0.0311. The fraction of sp³-hybridized carbons (Fsp3) is 0.692. The molecule has 0 aromatic heterocycles. The highest BCUT2D eigenvalue weighted by atomic mass is 16.3. The van der Waals surface area contributed by atoms with Crippen molar-refractivity contribution in [2.75, 3.05) is 20.1 Å². The number of amides is 1. The molecule has 0 aliphatic carbocycles. The van der Waals surface area contributed by atoms with Crippen LogP contribution in [0.2, 0.25) is 6.32 Å². The van der Waals surface area contributed by atoms with Gasteiger partial charge in [0, 0.05) is 6.42 Å². The van der Waals surface area contributed by atoms with Crippen LogP contribution < -0.4 is 5.32 Å². The topological polar surface area (TPSA) is 69.6 Å². The molecule has 0 unspecified atom stereocenters. The number of hydrogen-bond acceptors (Lipinski definition) is 4. The number of aliphatic hydroxyl groups is 1. The molecule has 19 heavy (non-hydrogen) atoms. The first-order valence-corrected chi connectivity index (χ1v) is 6.74. The predicted octanol–water partition coefficient (Wildman–Crippen LogP) is 1.33. The number of nitrogens with one attached hydrogen (secondary N) is 1. The molecule has 1 rings (SSSR count). The standard InChI is InChI=1S/C13H22BN2O3/c1-10(17)12(5-3-4-8-15-2)16-9-11(18)6-7-14-13(16)19/h12,15,17H,1,3-9H2,2H3/t12-/m0/s1. The summed E-state index contributed by atoms with van der Waals surface area (Å²) in [6.07, 6.45) is 3.33. The van der Waals surface area contributed by atoms with E-state index in [1.165, 1.54) is 12.2 Å². The lowest BCUT2D eigenvalue weighted by Crippen LogP contribution is -2.44. The van der Waals surface area contributed by atoms with Gasteiger partial charge in [-0.2, -0.15) is 0 Å². The highest BCUT2D eigenvalue weighted by molar-refractivity contribution is 6.73. The molecular formula is C13H22BN2O3. The molecule has 1 aliphatic rings. The third-order valence-electron chi connectivity index (χ3n) is 3.29. The van der Waals surface area contributed by atoms with E-state index in [1.54, 1.807) is 0 Å². The summed E-state index contributed by atoms with van der Waals surface area (Å²) in [7, 11) is 3.41. The van der Waals surface area contributed by atoms with Crippen LogP contribution in [0.4, 0.5) is 4.79 Å². The summed E-state index contributed by atoms with van der Waals surface area (Å²) < 4.78 is 0. The Bertz CT molecular complexity index is 347. The molecule has 2 N–H and O–H groups in total. The number of nitrogens with zero attached hydrogens (tertiary/aromatic N) is 1. The summed E-state index contributed by atoms with van der Waals surface area (Å²) in [6.45, 7) is 4.51. The van der Waals surface area contributed by atoms with Crippen LogP contribution in [0.1, 0.15) is 25.7 Å². The Balaban J connectivity index is 2.64. The number of carbonyl (C=O) groups excluding carboxylic acids is 2. The van der Waals surface area contributed by atoms with Crippen molar-refractivity contribution in [1.29, 1.82) is 0 Å². The number of aliphatic hydroxyl groups excluding tert-OH is 1. The Kier molecular flexibility index (Phi) is 6.63. The lowest BCUT2D eigenvalue weighted by atomic mass is 9.72. The summed E-state index contributed by atoms with van der Waals surface area (Å²) in [5, 5.41) is 12.7. The van der Waals surface area contributed by atoms with Crippen LogP contribution in [0.5, 0.6) is 0 Å². The smallest absolute Gasteiger partial charge is 0.233 e. The van der Waals surface area contributed by atoms with Crippen molar-refractivity contribution in [2.45, 2.75) is 38.0 Å². The molecular weight excluding hydrogens is 243 g/mol. The van der Waals surface area contributed by atoms with Crippen LogP contribution in [0, 0.1) is 0 Å². The maximum Gasteiger partial charge on any atom is 0.233 e. The third kappa shape index (κ3) is 5.07. The normalized spacial score (nSPS) is 17.8. The molecule has 0 spiro atoms. The zero-order valence-corrected chi connectivity index (χ0v) is 11.5. The van der Waals surface area contributed by atoms with Crippen molar-refractivity contribution >= 4 is 18.9 Å². The Labute approximate surface area is 115 Å². The average Bonchev–Trinajstić information content (AvgIpc) is 2.51. The van der Waals surface area contributed by atoms with Crippen molar-refractivity contribution in [3.8, 4) is 0 Å². The fourth-order valence-corrected chi connectivity index (χ4v) is 2.23. The molecule has 0 aromatic carbocycles. The van der Waals surface area contributed by atoms with Gasteiger partial charge in [0.15, 0.2) is 11.6 Å². The highest BCUT2D eigenvalue weighted by Gasteiger charge is 2.29. The highest BCUT2D eigenvalue weighted by Crippen LogP contribution is 2.18. The first kappa shape index (κ1) is 15.8. The minimum Gasteiger partial charge on any atom is -0.511 e. The molecule has 1 atom stereocenters. The fourth-order valence-electron chi connectivity index (χ4n) is 2.23. The van der Waals surface area contributed by atoms with E-state index in [-0.39, 0.29) is 23.9 Å². The molecule has 0 bridgehead atoms. The molecule has 0 saturated carbocycles. The zero-order chi connectivity index (χ0) is 14.3. The molecule has 1 aliphatic heterocycles. The van der Waals surface area contributed by atoms with E-state index in [0.29, 0.717) is 19.2 Å². The number of unbranched alkanes of at least 4 members (excludes halogenated alkanes) is 1. The first-order chi connectivity index (χ1) is 9.06. The predicted molar refractivity (Wildman–Crippen MR) is 75.6 cm³/mol. The molecule has 6 heteroatoms. The van der Waals surface area contributed by atoms with E-state index in [4.69, 9.17) is 0 Å². The van der Waals surface area contributed by atoms with Gasteiger partial charge in [-0.3, -0.25) is 9.59 Å². The largest absolute Gasteiger partial charge is 0.511 e. The maximum atomic E-state index is 11.9. The summed E-state index contributed by atoms with van der Waals surface area (Å²) in [5.41, 5.74) is 0. The summed E-state index contributed by atoms with van der Waals surface area (Å²) in [6, 6.07) is -0.456. The van der Waals surface area contributed by atoms with E-state index in [9.17, 15) is 14.7 Å². The summed E-state index contributed by atoms with van der Waals surface area (Å²) >= 11 is 0. The first-order valence-electron chi connectivity index (χ1n) is 6.74. The van der Waals surface area contributed by atoms with Gasteiger partial charge in [-0.1, -0.05) is 12.9 Å². The van der Waals surface area contributed by atoms with Crippen LogP contribution in [-0.4, -0.2) is 55.1 Å². The number of rotatable bonds is 7. The molecule has 5 nitrogen and oxygen atoms in total. The van der Waals surface area contributed by atoms with Gasteiger partial charge in [0.05, 0.1) is 12.6 Å². The molecule has 1 saturated heterocycles. The second kappa shape index (κ2) is 7.99. The van der Waals surface area contributed by atoms with Crippen molar-refractivity contribution in [3.63, 3.8) is 0 Å². The summed E-state index contributed by atoms with van der Waals surface area (Å²) in [5.74, 6) is -0.191. The number of hydrogen-bond donors (Lipinski definition) is 2. The maximum absolute atomic E-state index is 11.9. The Morgan fingerprint density at radius 2 is 2.26 bits per heavy atom. The van der Waals surface area contributed by atoms with Gasteiger partial charge >= 0.3 is 0 Å². The van der Waals surface area contributed by atoms with Gasteiger partial charge in [-0.25, -0.2) is 0 Å². The Morgan fingerprint density at radius 3 is 2.89 bits per heavy atom. The van der Waals surface area contributed by atoms with E-state index < -0.39 is 6.04 Å². The molecule has 0 aromatic rings. The van der Waals surface area contributed by atoms with Gasteiger partial charge < -0.3 is 15.3 Å². The van der Waals surface area contributed by atoms with Gasteiger partial charge in [-0.05, 0) is 32.9 Å². The second-order valence-electron chi connectivity index (χ2n) is 4.85. The molecule has 1 heterocycles. The SMILES string of the molecule is C=C(O)[C@H](CCCCNC)N1CC(=O)CC[B]C1=O. The molecule has 1 amide bonds. The lowest BCUT2D eigenvalue weighted by molar-refractivity contribution is -0.119. The van der Waals surface area contributed by atoms with E-state index in [2.05, 4.69) is 11.9 Å². The quantitative estimate of drug-likeness (QED) is 0.414.